The molecular weight excluding hydrogens is 344 g/mol. The second-order valence-electron chi connectivity index (χ2n) is 5.97. The molecule has 0 unspecified atom stereocenters. The lowest BCUT2D eigenvalue weighted by molar-refractivity contribution is 0.0525. The number of hydrogen-bond acceptors (Lipinski definition) is 5. The second-order valence-corrected chi connectivity index (χ2v) is 5.97. The van der Waals surface area contributed by atoms with Gasteiger partial charge in [-0.2, -0.15) is 5.10 Å². The first kappa shape index (κ1) is 18.3. The molecule has 1 aromatic carbocycles. The molecule has 0 saturated carbocycles. The van der Waals surface area contributed by atoms with Gasteiger partial charge in [0.05, 0.1) is 29.7 Å². The number of benzene rings is 1. The molecule has 0 aliphatic heterocycles. The molecule has 27 heavy (non-hydrogen) atoms. The van der Waals surface area contributed by atoms with Crippen LogP contribution < -0.4 is 5.32 Å². The summed E-state index contributed by atoms with van der Waals surface area (Å²) < 4.78 is 6.67. The van der Waals surface area contributed by atoms with E-state index in [2.05, 4.69) is 15.4 Å². The fourth-order valence-corrected chi connectivity index (χ4v) is 2.60. The van der Waals surface area contributed by atoms with Crippen molar-refractivity contribution in [3.63, 3.8) is 0 Å². The number of carbonyl (C=O) groups excluding carboxylic acids is 2. The number of hydrogen-bond donors (Lipinski definition) is 1. The number of esters is 1. The van der Waals surface area contributed by atoms with Crippen LogP contribution in [0.4, 0.5) is 5.69 Å². The molecule has 1 amide bonds. The first-order valence-corrected chi connectivity index (χ1v) is 8.55. The summed E-state index contributed by atoms with van der Waals surface area (Å²) in [5.74, 6) is -0.651. The van der Waals surface area contributed by atoms with Crippen LogP contribution in [-0.2, 0) is 4.74 Å². The van der Waals surface area contributed by atoms with E-state index in [9.17, 15) is 9.59 Å². The number of nitrogens with one attached hydrogen (secondary N) is 1. The molecule has 0 aliphatic rings. The summed E-state index contributed by atoms with van der Waals surface area (Å²) >= 11 is 0. The molecule has 2 heterocycles. The fraction of sp³-hybridized carbons (Fsp3) is 0.200. The average Bonchev–Trinajstić information content (AvgIpc) is 3.04. The van der Waals surface area contributed by atoms with Gasteiger partial charge in [0.25, 0.3) is 5.91 Å². The van der Waals surface area contributed by atoms with Crippen molar-refractivity contribution in [3.05, 3.63) is 71.3 Å². The fourth-order valence-electron chi connectivity index (χ4n) is 2.60. The molecule has 7 nitrogen and oxygen atoms in total. The van der Waals surface area contributed by atoms with Gasteiger partial charge in [0.15, 0.2) is 0 Å². The topological polar surface area (TPSA) is 86.1 Å². The zero-order valence-electron chi connectivity index (χ0n) is 15.4. The molecule has 0 atom stereocenters. The van der Waals surface area contributed by atoms with Crippen molar-refractivity contribution in [2.75, 3.05) is 11.9 Å². The van der Waals surface area contributed by atoms with E-state index in [0.717, 1.165) is 11.4 Å². The van der Waals surface area contributed by atoms with Crippen LogP contribution in [0.3, 0.4) is 0 Å². The van der Waals surface area contributed by atoms with E-state index >= 15 is 0 Å². The van der Waals surface area contributed by atoms with Crippen molar-refractivity contribution in [3.8, 4) is 5.69 Å². The van der Waals surface area contributed by atoms with Crippen molar-refractivity contribution >= 4 is 17.6 Å². The lowest BCUT2D eigenvalue weighted by atomic mass is 10.2. The molecule has 0 saturated heterocycles. The minimum Gasteiger partial charge on any atom is -0.462 e. The zero-order chi connectivity index (χ0) is 19.4. The van der Waals surface area contributed by atoms with Crippen molar-refractivity contribution in [2.24, 2.45) is 0 Å². The molecule has 0 spiro atoms. The van der Waals surface area contributed by atoms with E-state index in [1.54, 1.807) is 42.8 Å². The van der Waals surface area contributed by atoms with Crippen molar-refractivity contribution in [2.45, 2.75) is 20.8 Å². The van der Waals surface area contributed by atoms with Gasteiger partial charge in [0.1, 0.15) is 5.56 Å². The highest BCUT2D eigenvalue weighted by atomic mass is 16.5. The Labute approximate surface area is 157 Å². The Bertz CT molecular complexity index is 977. The predicted molar refractivity (Wildman–Crippen MR) is 101 cm³/mol. The van der Waals surface area contributed by atoms with Crippen LogP contribution in [0.5, 0.6) is 0 Å². The van der Waals surface area contributed by atoms with Crippen molar-refractivity contribution in [1.82, 2.24) is 14.8 Å². The third-order valence-corrected chi connectivity index (χ3v) is 4.03. The van der Waals surface area contributed by atoms with Crippen LogP contribution in [0.1, 0.15) is 39.0 Å². The summed E-state index contributed by atoms with van der Waals surface area (Å²) in [5.41, 5.74) is 3.75. The van der Waals surface area contributed by atoms with E-state index in [0.29, 0.717) is 29.1 Å². The van der Waals surface area contributed by atoms with Gasteiger partial charge < -0.3 is 10.1 Å². The number of nitrogens with zero attached hydrogens (tertiary/aromatic N) is 3. The Hall–Kier alpha value is -3.48. The van der Waals surface area contributed by atoms with Gasteiger partial charge in [-0.15, -0.1) is 0 Å². The third-order valence-electron chi connectivity index (χ3n) is 4.03. The number of rotatable bonds is 5. The molecule has 1 N–H and O–H groups in total. The third kappa shape index (κ3) is 4.03. The van der Waals surface area contributed by atoms with E-state index in [4.69, 9.17) is 4.74 Å². The Kier molecular flexibility index (Phi) is 5.30. The summed E-state index contributed by atoms with van der Waals surface area (Å²) in [4.78, 5) is 28.5. The molecule has 138 valence electrons. The van der Waals surface area contributed by atoms with Crippen molar-refractivity contribution in [1.29, 1.82) is 0 Å². The molecule has 3 rings (SSSR count). The van der Waals surface area contributed by atoms with Gasteiger partial charge in [0.2, 0.25) is 0 Å². The number of amides is 1. The van der Waals surface area contributed by atoms with Crippen LogP contribution in [0.15, 0.2) is 48.8 Å². The standard InChI is InChI=1S/C20H20N4O3/c1-4-27-20(26)18-12-22-24(14(18)3)17-7-5-6-16(10-17)23-19(25)15-9-8-13(2)21-11-15/h5-12H,4H2,1-3H3,(H,23,25). The summed E-state index contributed by atoms with van der Waals surface area (Å²) in [6, 6.07) is 10.7. The van der Waals surface area contributed by atoms with E-state index < -0.39 is 5.97 Å². The highest BCUT2D eigenvalue weighted by Crippen LogP contribution is 2.19. The summed E-state index contributed by atoms with van der Waals surface area (Å²) in [7, 11) is 0. The lowest BCUT2D eigenvalue weighted by Crippen LogP contribution is -2.12. The maximum Gasteiger partial charge on any atom is 0.341 e. The highest BCUT2D eigenvalue weighted by molar-refractivity contribution is 6.04. The molecule has 7 heteroatoms. The molecule has 3 aromatic rings. The monoisotopic (exact) mass is 364 g/mol. The lowest BCUT2D eigenvalue weighted by Gasteiger charge is -2.09. The van der Waals surface area contributed by atoms with Crippen LogP contribution in [-0.4, -0.2) is 33.2 Å². The van der Waals surface area contributed by atoms with E-state index in [1.165, 1.54) is 12.4 Å². The van der Waals surface area contributed by atoms with Gasteiger partial charge in [-0.25, -0.2) is 9.48 Å². The Morgan fingerprint density at radius 1 is 1.15 bits per heavy atom. The Morgan fingerprint density at radius 2 is 1.96 bits per heavy atom. The zero-order valence-corrected chi connectivity index (χ0v) is 15.4. The summed E-state index contributed by atoms with van der Waals surface area (Å²) in [6.07, 6.45) is 3.02. The molecule has 2 aromatic heterocycles. The first-order chi connectivity index (χ1) is 13.0. The molecule has 0 bridgehead atoms. The van der Waals surface area contributed by atoms with Gasteiger partial charge in [-0.05, 0) is 51.1 Å². The Balaban J connectivity index is 1.83. The average molecular weight is 364 g/mol. The van der Waals surface area contributed by atoms with Crippen LogP contribution in [0.25, 0.3) is 5.69 Å². The van der Waals surface area contributed by atoms with E-state index in [1.807, 2.05) is 19.1 Å². The van der Waals surface area contributed by atoms with E-state index in [-0.39, 0.29) is 5.91 Å². The minimum absolute atomic E-state index is 0.246. The number of pyridine rings is 1. The number of ether oxygens (including phenoxy) is 1. The van der Waals surface area contributed by atoms with Crippen LogP contribution in [0.2, 0.25) is 0 Å². The number of anilines is 1. The minimum atomic E-state index is -0.405. The van der Waals surface area contributed by atoms with Crippen molar-refractivity contribution < 1.29 is 14.3 Å². The maximum atomic E-state index is 12.4. The van der Waals surface area contributed by atoms with Gasteiger partial charge in [0, 0.05) is 17.6 Å². The largest absolute Gasteiger partial charge is 0.462 e. The molecular formula is C20H20N4O3. The number of carbonyl (C=O) groups is 2. The quantitative estimate of drug-likeness (QED) is 0.702. The number of aryl methyl sites for hydroxylation is 1. The van der Waals surface area contributed by atoms with Crippen LogP contribution in [0, 0.1) is 13.8 Å². The SMILES string of the molecule is CCOC(=O)c1cnn(-c2cccc(NC(=O)c3ccc(C)nc3)c2)c1C. The predicted octanol–water partition coefficient (Wildman–Crippen LogP) is 3.31. The Morgan fingerprint density at radius 3 is 2.67 bits per heavy atom. The summed E-state index contributed by atoms with van der Waals surface area (Å²) in [5, 5.41) is 7.12. The maximum absolute atomic E-state index is 12.4. The van der Waals surface area contributed by atoms with Gasteiger partial charge >= 0.3 is 5.97 Å². The van der Waals surface area contributed by atoms with Gasteiger partial charge in [-0.3, -0.25) is 9.78 Å². The van der Waals surface area contributed by atoms with Crippen LogP contribution >= 0.6 is 0 Å². The normalized spacial score (nSPS) is 10.5. The molecule has 0 fully saturated rings. The van der Waals surface area contributed by atoms with Gasteiger partial charge in [-0.1, -0.05) is 6.07 Å². The summed E-state index contributed by atoms with van der Waals surface area (Å²) in [6.45, 7) is 5.72. The molecule has 0 aliphatic carbocycles. The molecule has 0 radical (unpaired) electrons. The first-order valence-electron chi connectivity index (χ1n) is 8.55. The number of aromatic nitrogens is 3. The highest BCUT2D eigenvalue weighted by Gasteiger charge is 2.16. The second kappa shape index (κ2) is 7.82. The smallest absolute Gasteiger partial charge is 0.341 e.